The fourth-order valence-corrected chi connectivity index (χ4v) is 4.35. The molecule has 2 aromatic rings. The van der Waals surface area contributed by atoms with Gasteiger partial charge in [-0.2, -0.15) is 0 Å². The summed E-state index contributed by atoms with van der Waals surface area (Å²) in [6.07, 6.45) is 4.41. The van der Waals surface area contributed by atoms with Gasteiger partial charge in [0.2, 0.25) is 5.91 Å². The number of thioether (sulfide) groups is 1. The van der Waals surface area contributed by atoms with Gasteiger partial charge in [0.1, 0.15) is 18.1 Å². The van der Waals surface area contributed by atoms with Crippen molar-refractivity contribution in [2.75, 3.05) is 19.6 Å². The van der Waals surface area contributed by atoms with Gasteiger partial charge in [-0.25, -0.2) is 4.79 Å². The molecular weight excluding hydrogens is 420 g/mol. The van der Waals surface area contributed by atoms with Crippen molar-refractivity contribution < 1.29 is 28.7 Å². The quantitative estimate of drug-likeness (QED) is 0.706. The minimum Gasteiger partial charge on any atom is -0.478 e. The van der Waals surface area contributed by atoms with Crippen molar-refractivity contribution in [2.24, 2.45) is 0 Å². The number of nitrogens with zero attached hydrogens (tertiary/aromatic N) is 2. The zero-order valence-electron chi connectivity index (χ0n) is 16.6. The number of hydrogen-bond donors (Lipinski definition) is 1. The van der Waals surface area contributed by atoms with Gasteiger partial charge in [-0.05, 0) is 55.3 Å². The van der Waals surface area contributed by atoms with Crippen molar-refractivity contribution in [1.82, 2.24) is 9.80 Å². The van der Waals surface area contributed by atoms with Crippen LogP contribution < -0.4 is 0 Å². The van der Waals surface area contributed by atoms with E-state index in [1.807, 2.05) is 0 Å². The first kappa shape index (κ1) is 20.9. The molecule has 0 saturated carbocycles. The molecule has 9 heteroatoms. The fraction of sp³-hybridized carbons (Fsp3) is 0.273. The molecule has 2 saturated heterocycles. The van der Waals surface area contributed by atoms with E-state index in [1.165, 1.54) is 18.2 Å². The van der Waals surface area contributed by atoms with Gasteiger partial charge in [-0.3, -0.25) is 19.3 Å². The Balaban J connectivity index is 1.48. The third kappa shape index (κ3) is 4.56. The van der Waals surface area contributed by atoms with Crippen molar-refractivity contribution in [3.05, 3.63) is 52.6 Å². The lowest BCUT2D eigenvalue weighted by Crippen LogP contribution is -2.44. The highest BCUT2D eigenvalue weighted by molar-refractivity contribution is 8.18. The number of aromatic carboxylic acids is 1. The summed E-state index contributed by atoms with van der Waals surface area (Å²) in [5.41, 5.74) is 0.717. The molecule has 3 amide bonds. The van der Waals surface area contributed by atoms with E-state index < -0.39 is 17.1 Å². The molecule has 0 spiro atoms. The number of amides is 3. The first-order valence-corrected chi connectivity index (χ1v) is 10.7. The van der Waals surface area contributed by atoms with E-state index >= 15 is 0 Å². The van der Waals surface area contributed by atoms with Gasteiger partial charge < -0.3 is 14.4 Å². The number of carboxylic acids is 1. The average Bonchev–Trinajstić information content (AvgIpc) is 3.35. The monoisotopic (exact) mass is 440 g/mol. The summed E-state index contributed by atoms with van der Waals surface area (Å²) in [6.45, 7) is 1.06. The Morgan fingerprint density at radius 3 is 2.61 bits per heavy atom. The van der Waals surface area contributed by atoms with Crippen LogP contribution in [-0.2, 0) is 9.59 Å². The molecule has 2 fully saturated rings. The highest BCUT2D eigenvalue weighted by Gasteiger charge is 2.37. The van der Waals surface area contributed by atoms with Gasteiger partial charge in [-0.1, -0.05) is 12.1 Å². The van der Waals surface area contributed by atoms with E-state index in [4.69, 9.17) is 9.52 Å². The molecular formula is C22H20N2O6S. The molecule has 4 rings (SSSR count). The van der Waals surface area contributed by atoms with E-state index in [0.29, 0.717) is 30.2 Å². The van der Waals surface area contributed by atoms with Crippen LogP contribution in [0.3, 0.4) is 0 Å². The van der Waals surface area contributed by atoms with Crippen LogP contribution in [0.1, 0.15) is 35.4 Å². The Kier molecular flexibility index (Phi) is 5.94. The molecule has 0 unspecified atom stereocenters. The highest BCUT2D eigenvalue weighted by Crippen LogP contribution is 2.33. The van der Waals surface area contributed by atoms with Crippen molar-refractivity contribution in [1.29, 1.82) is 0 Å². The first-order valence-electron chi connectivity index (χ1n) is 9.89. The lowest BCUT2D eigenvalue weighted by atomic mass is 10.1. The van der Waals surface area contributed by atoms with Crippen LogP contribution >= 0.6 is 11.8 Å². The average molecular weight is 440 g/mol. The van der Waals surface area contributed by atoms with E-state index in [9.17, 15) is 19.2 Å². The molecule has 3 heterocycles. The second kappa shape index (κ2) is 8.81. The molecule has 0 radical (unpaired) electrons. The van der Waals surface area contributed by atoms with Gasteiger partial charge >= 0.3 is 5.97 Å². The number of rotatable bonds is 5. The second-order valence-electron chi connectivity index (χ2n) is 7.30. The van der Waals surface area contributed by atoms with E-state index in [0.717, 1.165) is 35.9 Å². The highest BCUT2D eigenvalue weighted by atomic mass is 32.2. The number of carboxylic acid groups (broad SMARTS) is 1. The Hall–Kier alpha value is -3.33. The van der Waals surface area contributed by atoms with Crippen LogP contribution in [0.4, 0.5) is 4.79 Å². The first-order chi connectivity index (χ1) is 14.9. The normalized spacial score (nSPS) is 18.1. The van der Waals surface area contributed by atoms with Crippen LogP contribution in [0.15, 0.2) is 45.7 Å². The number of carbonyl (C=O) groups is 4. The topological polar surface area (TPSA) is 108 Å². The summed E-state index contributed by atoms with van der Waals surface area (Å²) in [5, 5.41) is 8.65. The molecule has 160 valence electrons. The van der Waals surface area contributed by atoms with Crippen LogP contribution in [0.2, 0.25) is 0 Å². The predicted octanol–water partition coefficient (Wildman–Crippen LogP) is 3.69. The molecule has 31 heavy (non-hydrogen) atoms. The molecule has 2 aliphatic heterocycles. The third-order valence-corrected chi connectivity index (χ3v) is 6.08. The summed E-state index contributed by atoms with van der Waals surface area (Å²) in [4.78, 5) is 51.4. The largest absolute Gasteiger partial charge is 0.478 e. The number of piperidine rings is 1. The van der Waals surface area contributed by atoms with Crippen LogP contribution in [0.5, 0.6) is 0 Å². The Labute approximate surface area is 182 Å². The number of benzene rings is 1. The maximum Gasteiger partial charge on any atom is 0.335 e. The molecule has 8 nitrogen and oxygen atoms in total. The third-order valence-electron chi connectivity index (χ3n) is 5.17. The minimum atomic E-state index is -1.04. The van der Waals surface area contributed by atoms with Crippen LogP contribution in [0.25, 0.3) is 17.4 Å². The SMILES string of the molecule is O=C(O)c1cccc(-c2ccc(/C=C3\SC(=O)N(CC(=O)N4CCCCC4)C3=O)o2)c1. The van der Waals surface area contributed by atoms with E-state index in [2.05, 4.69) is 0 Å². The van der Waals surface area contributed by atoms with Gasteiger partial charge in [0, 0.05) is 24.7 Å². The van der Waals surface area contributed by atoms with E-state index in [-0.39, 0.29) is 22.9 Å². The molecule has 2 aliphatic rings. The van der Waals surface area contributed by atoms with Crippen LogP contribution in [-0.4, -0.2) is 57.6 Å². The standard InChI is InChI=1S/C22H20N2O6S/c25-19(23-9-2-1-3-10-23)13-24-20(26)18(31-22(24)29)12-16-7-8-17(30-16)14-5-4-6-15(11-14)21(27)28/h4-8,11-12H,1-3,9-10,13H2,(H,27,28)/b18-12-. The molecule has 1 aromatic heterocycles. The molecule has 0 atom stereocenters. The van der Waals surface area contributed by atoms with Crippen molar-refractivity contribution in [3.63, 3.8) is 0 Å². The fourth-order valence-electron chi connectivity index (χ4n) is 3.54. The van der Waals surface area contributed by atoms with Crippen molar-refractivity contribution in [3.8, 4) is 11.3 Å². The Bertz CT molecular complexity index is 1080. The number of likely N-dealkylation sites (tertiary alicyclic amines) is 1. The predicted molar refractivity (Wildman–Crippen MR) is 114 cm³/mol. The zero-order chi connectivity index (χ0) is 22.0. The number of hydrogen-bond acceptors (Lipinski definition) is 6. The lowest BCUT2D eigenvalue weighted by molar-refractivity contribution is -0.136. The molecule has 0 aliphatic carbocycles. The molecule has 1 aromatic carbocycles. The maximum atomic E-state index is 12.7. The number of furan rings is 1. The van der Waals surface area contributed by atoms with Crippen molar-refractivity contribution >= 4 is 40.9 Å². The van der Waals surface area contributed by atoms with Crippen LogP contribution in [0, 0.1) is 0 Å². The summed E-state index contributed by atoms with van der Waals surface area (Å²) in [6, 6.07) is 9.61. The minimum absolute atomic E-state index is 0.134. The van der Waals surface area contributed by atoms with Gasteiger partial charge in [0.25, 0.3) is 11.1 Å². The summed E-state index contributed by atoms with van der Waals surface area (Å²) in [5.74, 6) is -0.994. The molecule has 0 bridgehead atoms. The smallest absolute Gasteiger partial charge is 0.335 e. The Morgan fingerprint density at radius 2 is 1.87 bits per heavy atom. The summed E-state index contributed by atoms with van der Waals surface area (Å²) < 4.78 is 5.72. The lowest BCUT2D eigenvalue weighted by Gasteiger charge is -2.27. The Morgan fingerprint density at radius 1 is 1.10 bits per heavy atom. The van der Waals surface area contributed by atoms with E-state index in [1.54, 1.807) is 29.2 Å². The molecule has 1 N–H and O–H groups in total. The summed E-state index contributed by atoms with van der Waals surface area (Å²) in [7, 11) is 0. The zero-order valence-corrected chi connectivity index (χ0v) is 17.4. The van der Waals surface area contributed by atoms with Gasteiger partial charge in [-0.15, -0.1) is 0 Å². The number of imide groups is 1. The number of carbonyl (C=O) groups excluding carboxylic acids is 3. The summed E-state index contributed by atoms with van der Waals surface area (Å²) >= 11 is 0.767. The van der Waals surface area contributed by atoms with Gasteiger partial charge in [0.15, 0.2) is 0 Å². The maximum absolute atomic E-state index is 12.7. The van der Waals surface area contributed by atoms with Gasteiger partial charge in [0.05, 0.1) is 10.5 Å². The second-order valence-corrected chi connectivity index (χ2v) is 8.29. The van der Waals surface area contributed by atoms with Crippen molar-refractivity contribution in [2.45, 2.75) is 19.3 Å².